The lowest BCUT2D eigenvalue weighted by molar-refractivity contribution is 0.649. The smallest absolute Gasteiger partial charge is 0.283 e. The van der Waals surface area contributed by atoms with Gasteiger partial charge in [-0.1, -0.05) is 6.08 Å². The summed E-state index contributed by atoms with van der Waals surface area (Å²) in [5, 5.41) is 8.32. The Labute approximate surface area is 54.0 Å². The summed E-state index contributed by atoms with van der Waals surface area (Å²) < 4.78 is 4.99. The van der Waals surface area contributed by atoms with Gasteiger partial charge in [-0.15, -0.1) is 6.58 Å². The Morgan fingerprint density at radius 1 is 2.00 bits per heavy atom. The number of hydrogen-bond donors (Lipinski definition) is 0. The fourth-order valence-electron chi connectivity index (χ4n) is 0.353. The Morgan fingerprint density at radius 2 is 2.62 bits per heavy atom. The van der Waals surface area contributed by atoms with Crippen LogP contribution in [-0.4, -0.2) is 19.5 Å². The number of rotatable bonds is 3. The number of nitrogens with zero attached hydrogens (tertiary/aromatic N) is 1. The van der Waals surface area contributed by atoms with E-state index in [0.717, 1.165) is 6.04 Å². The quantitative estimate of drug-likeness (QED) is 0.385. The predicted molar refractivity (Wildman–Crippen MR) is 38.8 cm³/mol. The van der Waals surface area contributed by atoms with E-state index in [4.69, 9.17) is 9.38 Å². The Morgan fingerprint density at radius 3 is 2.75 bits per heavy atom. The maximum absolute atomic E-state index is 8.32. The predicted octanol–water partition coefficient (Wildman–Crippen LogP) is -0.744. The number of nitriles is 1. The van der Waals surface area contributed by atoms with Crippen molar-refractivity contribution >= 4 is 19.5 Å². The first-order valence-electron chi connectivity index (χ1n) is 2.38. The average Bonchev–Trinajstić information content (AvgIpc) is 1.83. The van der Waals surface area contributed by atoms with Gasteiger partial charge in [-0.2, -0.15) is 0 Å². The van der Waals surface area contributed by atoms with Gasteiger partial charge in [0.05, 0.1) is 5.69 Å². The molecular weight excluding hydrogens is 134 g/mol. The van der Waals surface area contributed by atoms with Crippen LogP contribution in [0.15, 0.2) is 12.7 Å². The molecule has 0 aromatic heterocycles. The van der Waals surface area contributed by atoms with Crippen LogP contribution in [-0.2, 0) is 4.12 Å². The Kier molecular flexibility index (Phi) is 4.55. The van der Waals surface area contributed by atoms with Crippen LogP contribution in [0.4, 0.5) is 0 Å². The highest BCUT2D eigenvalue weighted by molar-refractivity contribution is 6.63. The minimum atomic E-state index is -1.44. The first-order valence-corrected chi connectivity index (χ1v) is 5.06. The van der Waals surface area contributed by atoms with E-state index in [9.17, 15) is 0 Å². The van der Waals surface area contributed by atoms with Crippen LogP contribution in [0.2, 0.25) is 6.04 Å². The third-order valence-electron chi connectivity index (χ3n) is 0.809. The third kappa shape index (κ3) is 2.74. The second-order valence-electron chi connectivity index (χ2n) is 1.38. The molecule has 0 saturated carbocycles. The van der Waals surface area contributed by atoms with Crippen molar-refractivity contribution in [2.24, 2.45) is 0 Å². The molecule has 0 fully saturated rings. The van der Waals surface area contributed by atoms with E-state index in [1.54, 1.807) is 6.08 Å². The second kappa shape index (κ2) is 4.77. The molecule has 1 unspecified atom stereocenters. The summed E-state index contributed by atoms with van der Waals surface area (Å²) in [4.78, 5) is 0. The SMILES string of the molecule is C=CC[SiH](C#N)O[SiH3]. The molecule has 1 atom stereocenters. The highest BCUT2D eigenvalue weighted by Gasteiger charge is 2.02. The largest absolute Gasteiger partial charge is 0.456 e. The summed E-state index contributed by atoms with van der Waals surface area (Å²) in [6.07, 6.45) is 1.75. The van der Waals surface area contributed by atoms with E-state index in [-0.39, 0.29) is 0 Å². The Hall–Kier alpha value is -0.376. The molecule has 0 aliphatic carbocycles. The average molecular weight is 143 g/mol. The van der Waals surface area contributed by atoms with Crippen molar-refractivity contribution in [3.05, 3.63) is 12.7 Å². The van der Waals surface area contributed by atoms with E-state index >= 15 is 0 Å². The van der Waals surface area contributed by atoms with Gasteiger partial charge in [0, 0.05) is 0 Å². The molecule has 44 valence electrons. The highest BCUT2D eigenvalue weighted by atomic mass is 28.3. The lowest BCUT2D eigenvalue weighted by Crippen LogP contribution is -2.11. The second-order valence-corrected chi connectivity index (χ2v) is 4.97. The first kappa shape index (κ1) is 7.62. The van der Waals surface area contributed by atoms with Crippen molar-refractivity contribution in [1.82, 2.24) is 0 Å². The van der Waals surface area contributed by atoms with Crippen LogP contribution in [0.5, 0.6) is 0 Å². The molecule has 0 radical (unpaired) electrons. The molecule has 0 bridgehead atoms. The number of allylic oxidation sites excluding steroid dienone is 1. The molecule has 0 heterocycles. The van der Waals surface area contributed by atoms with Gasteiger partial charge in [0.15, 0.2) is 0 Å². The van der Waals surface area contributed by atoms with E-state index in [1.165, 1.54) is 0 Å². The molecule has 0 spiro atoms. The molecule has 0 amide bonds. The van der Waals surface area contributed by atoms with Crippen molar-refractivity contribution in [2.75, 3.05) is 0 Å². The maximum atomic E-state index is 8.32. The minimum absolute atomic E-state index is 0.688. The van der Waals surface area contributed by atoms with Gasteiger partial charge in [0.25, 0.3) is 9.04 Å². The van der Waals surface area contributed by atoms with Crippen LogP contribution in [0.1, 0.15) is 0 Å². The van der Waals surface area contributed by atoms with E-state index in [0.29, 0.717) is 10.5 Å². The van der Waals surface area contributed by atoms with Crippen LogP contribution in [0.25, 0.3) is 0 Å². The summed E-state index contributed by atoms with van der Waals surface area (Å²) >= 11 is 0. The van der Waals surface area contributed by atoms with Crippen LogP contribution in [0, 0.1) is 11.0 Å². The van der Waals surface area contributed by atoms with E-state index in [2.05, 4.69) is 12.3 Å². The third-order valence-corrected chi connectivity index (χ3v) is 4.13. The summed E-state index contributed by atoms with van der Waals surface area (Å²) in [5.41, 5.74) is 2.13. The molecule has 0 rings (SSSR count). The highest BCUT2D eigenvalue weighted by Crippen LogP contribution is 1.89. The van der Waals surface area contributed by atoms with Crippen LogP contribution >= 0.6 is 0 Å². The summed E-state index contributed by atoms with van der Waals surface area (Å²) in [5.74, 6) is 0. The van der Waals surface area contributed by atoms with Crippen molar-refractivity contribution in [1.29, 1.82) is 5.26 Å². The van der Waals surface area contributed by atoms with Crippen molar-refractivity contribution in [3.63, 3.8) is 0 Å². The van der Waals surface area contributed by atoms with Crippen LogP contribution < -0.4 is 0 Å². The number of hydrogen-bond acceptors (Lipinski definition) is 2. The maximum Gasteiger partial charge on any atom is 0.283 e. The molecule has 0 N–H and O–H groups in total. The molecule has 0 aliphatic heterocycles. The van der Waals surface area contributed by atoms with Crippen molar-refractivity contribution < 1.29 is 4.12 Å². The van der Waals surface area contributed by atoms with Crippen LogP contribution in [0.3, 0.4) is 0 Å². The zero-order valence-corrected chi connectivity index (χ0v) is 8.08. The Bertz CT molecular complexity index is 109. The molecular formula is C4H9NOSi2. The lowest BCUT2D eigenvalue weighted by atomic mass is 10.8. The standard InChI is InChI=1S/C4H9NOSi2/c1-2-3-8(4-5)6-7/h2,8H,1,3H2,7H3. The summed E-state index contributed by atoms with van der Waals surface area (Å²) in [6.45, 7) is 3.52. The zero-order chi connectivity index (χ0) is 6.41. The molecule has 2 nitrogen and oxygen atoms in total. The lowest BCUT2D eigenvalue weighted by Gasteiger charge is -1.97. The fraction of sp³-hybridized carbons (Fsp3) is 0.250. The van der Waals surface area contributed by atoms with Gasteiger partial charge in [-0.25, -0.2) is 5.26 Å². The minimum Gasteiger partial charge on any atom is -0.456 e. The molecule has 0 aromatic rings. The fourth-order valence-corrected chi connectivity index (χ4v) is 1.95. The van der Waals surface area contributed by atoms with E-state index < -0.39 is 9.04 Å². The van der Waals surface area contributed by atoms with Gasteiger partial charge < -0.3 is 4.12 Å². The summed E-state index contributed by atoms with van der Waals surface area (Å²) in [7, 11) is -0.755. The van der Waals surface area contributed by atoms with Gasteiger partial charge in [-0.3, -0.25) is 0 Å². The van der Waals surface area contributed by atoms with E-state index in [1.807, 2.05) is 0 Å². The van der Waals surface area contributed by atoms with Gasteiger partial charge in [0.1, 0.15) is 10.5 Å². The topological polar surface area (TPSA) is 33.0 Å². The summed E-state index contributed by atoms with van der Waals surface area (Å²) in [6, 6.07) is 0.778. The molecule has 0 aromatic carbocycles. The molecule has 0 aliphatic rings. The van der Waals surface area contributed by atoms with Gasteiger partial charge in [0.2, 0.25) is 0 Å². The molecule has 4 heteroatoms. The molecule has 8 heavy (non-hydrogen) atoms. The monoisotopic (exact) mass is 143 g/mol. The van der Waals surface area contributed by atoms with Gasteiger partial charge >= 0.3 is 0 Å². The van der Waals surface area contributed by atoms with Crippen molar-refractivity contribution in [3.8, 4) is 5.69 Å². The zero-order valence-electron chi connectivity index (χ0n) is 4.92. The van der Waals surface area contributed by atoms with Gasteiger partial charge in [-0.05, 0) is 6.04 Å². The first-order chi connectivity index (χ1) is 3.85. The van der Waals surface area contributed by atoms with Crippen molar-refractivity contribution in [2.45, 2.75) is 6.04 Å². The Balaban J connectivity index is 3.40. The molecule has 0 saturated heterocycles. The normalized spacial score (nSPS) is 12.4.